The lowest BCUT2D eigenvalue weighted by Crippen LogP contribution is -2.26. The molecule has 0 saturated carbocycles. The first kappa shape index (κ1) is 13.4. The van der Waals surface area contributed by atoms with Crippen molar-refractivity contribution in [1.29, 1.82) is 0 Å². The summed E-state index contributed by atoms with van der Waals surface area (Å²) < 4.78 is 0. The average Bonchev–Trinajstić information content (AvgIpc) is 2.81. The summed E-state index contributed by atoms with van der Waals surface area (Å²) >= 11 is 0. The minimum absolute atomic E-state index is 0.229. The van der Waals surface area contributed by atoms with Crippen molar-refractivity contribution >= 4 is 5.69 Å². The largest absolute Gasteiger partial charge is 0.384 e. The van der Waals surface area contributed by atoms with E-state index in [-0.39, 0.29) is 5.41 Å². The van der Waals surface area contributed by atoms with Crippen molar-refractivity contribution in [1.82, 2.24) is 4.90 Å². The van der Waals surface area contributed by atoms with E-state index in [2.05, 4.69) is 55.3 Å². The molecule has 1 aliphatic heterocycles. The van der Waals surface area contributed by atoms with E-state index in [1.54, 1.807) is 0 Å². The topological polar surface area (TPSA) is 15.3 Å². The van der Waals surface area contributed by atoms with E-state index in [9.17, 15) is 0 Å². The Morgan fingerprint density at radius 1 is 1.17 bits per heavy atom. The van der Waals surface area contributed by atoms with Gasteiger partial charge in [0.15, 0.2) is 0 Å². The zero-order chi connectivity index (χ0) is 13.0. The summed E-state index contributed by atoms with van der Waals surface area (Å²) in [5.41, 5.74) is 2.88. The van der Waals surface area contributed by atoms with Crippen molar-refractivity contribution in [3.8, 4) is 0 Å². The van der Waals surface area contributed by atoms with Gasteiger partial charge in [0, 0.05) is 18.8 Å². The van der Waals surface area contributed by atoms with Gasteiger partial charge in [-0.2, -0.15) is 0 Å². The summed E-state index contributed by atoms with van der Waals surface area (Å²) in [5.74, 6) is 0. The molecule has 1 fully saturated rings. The third-order valence-electron chi connectivity index (χ3n) is 3.68. The van der Waals surface area contributed by atoms with Crippen molar-refractivity contribution in [2.75, 3.05) is 31.5 Å². The van der Waals surface area contributed by atoms with Crippen LogP contribution in [-0.2, 0) is 5.41 Å². The van der Waals surface area contributed by atoms with Gasteiger partial charge in [0.2, 0.25) is 0 Å². The summed E-state index contributed by atoms with van der Waals surface area (Å²) in [7, 11) is 0. The zero-order valence-corrected chi connectivity index (χ0v) is 12.0. The van der Waals surface area contributed by atoms with Gasteiger partial charge >= 0.3 is 0 Å². The molecule has 1 aromatic carbocycles. The Kier molecular flexibility index (Phi) is 4.28. The SMILES string of the molecule is CC(C)(C)c1cccc(NCCN2CCCC2)c1. The van der Waals surface area contributed by atoms with E-state index in [0.29, 0.717) is 0 Å². The molecular weight excluding hydrogens is 220 g/mol. The van der Waals surface area contributed by atoms with Gasteiger partial charge in [-0.25, -0.2) is 0 Å². The van der Waals surface area contributed by atoms with Gasteiger partial charge in [0.25, 0.3) is 0 Å². The number of rotatable bonds is 4. The Bertz CT molecular complexity index is 373. The first-order valence-corrected chi connectivity index (χ1v) is 7.12. The van der Waals surface area contributed by atoms with Crippen LogP contribution < -0.4 is 5.32 Å². The Balaban J connectivity index is 1.85. The van der Waals surface area contributed by atoms with Crippen LogP contribution in [0.25, 0.3) is 0 Å². The molecule has 100 valence electrons. The second-order valence-corrected chi connectivity index (χ2v) is 6.31. The van der Waals surface area contributed by atoms with Crippen LogP contribution in [0.1, 0.15) is 39.2 Å². The maximum atomic E-state index is 3.54. The average molecular weight is 246 g/mol. The van der Waals surface area contributed by atoms with E-state index in [1.165, 1.54) is 43.7 Å². The third-order valence-corrected chi connectivity index (χ3v) is 3.68. The van der Waals surface area contributed by atoms with Gasteiger partial charge in [-0.15, -0.1) is 0 Å². The van der Waals surface area contributed by atoms with Crippen LogP contribution in [0.4, 0.5) is 5.69 Å². The maximum Gasteiger partial charge on any atom is 0.0343 e. The van der Waals surface area contributed by atoms with Crippen molar-refractivity contribution in [2.45, 2.75) is 39.0 Å². The molecule has 0 aliphatic carbocycles. The van der Waals surface area contributed by atoms with Gasteiger partial charge < -0.3 is 10.2 Å². The molecule has 18 heavy (non-hydrogen) atoms. The molecule has 2 rings (SSSR count). The number of likely N-dealkylation sites (tertiary alicyclic amines) is 1. The standard InChI is InChI=1S/C16H26N2/c1-16(2,3)14-7-6-8-15(13-14)17-9-12-18-10-4-5-11-18/h6-8,13,17H,4-5,9-12H2,1-3H3. The number of nitrogens with one attached hydrogen (secondary N) is 1. The lowest BCUT2D eigenvalue weighted by atomic mass is 9.87. The highest BCUT2D eigenvalue weighted by atomic mass is 15.1. The van der Waals surface area contributed by atoms with E-state index in [0.717, 1.165) is 6.54 Å². The van der Waals surface area contributed by atoms with Crippen molar-refractivity contribution in [3.05, 3.63) is 29.8 Å². The molecule has 0 bridgehead atoms. The molecule has 0 radical (unpaired) electrons. The monoisotopic (exact) mass is 246 g/mol. The maximum absolute atomic E-state index is 3.54. The summed E-state index contributed by atoms with van der Waals surface area (Å²) in [6, 6.07) is 8.81. The molecule has 1 N–H and O–H groups in total. The van der Waals surface area contributed by atoms with Gasteiger partial charge in [0.1, 0.15) is 0 Å². The molecule has 2 nitrogen and oxygen atoms in total. The zero-order valence-electron chi connectivity index (χ0n) is 12.0. The number of nitrogens with zero attached hydrogens (tertiary/aromatic N) is 1. The quantitative estimate of drug-likeness (QED) is 0.875. The molecule has 0 amide bonds. The van der Waals surface area contributed by atoms with Crippen LogP contribution >= 0.6 is 0 Å². The van der Waals surface area contributed by atoms with Gasteiger partial charge in [-0.05, 0) is 49.0 Å². The molecule has 1 saturated heterocycles. The summed E-state index contributed by atoms with van der Waals surface area (Å²) in [6.45, 7) is 11.6. The summed E-state index contributed by atoms with van der Waals surface area (Å²) in [4.78, 5) is 2.54. The van der Waals surface area contributed by atoms with Crippen LogP contribution in [-0.4, -0.2) is 31.1 Å². The fourth-order valence-electron chi connectivity index (χ4n) is 2.46. The Labute approximate surface area is 111 Å². The second kappa shape index (κ2) is 5.75. The first-order valence-electron chi connectivity index (χ1n) is 7.12. The van der Waals surface area contributed by atoms with Crippen molar-refractivity contribution < 1.29 is 0 Å². The van der Waals surface area contributed by atoms with Crippen molar-refractivity contribution in [2.24, 2.45) is 0 Å². The Morgan fingerprint density at radius 2 is 1.89 bits per heavy atom. The number of hydrogen-bond acceptors (Lipinski definition) is 2. The lowest BCUT2D eigenvalue weighted by molar-refractivity contribution is 0.352. The molecule has 1 heterocycles. The van der Waals surface area contributed by atoms with Crippen LogP contribution in [0.5, 0.6) is 0 Å². The number of benzene rings is 1. The molecular formula is C16H26N2. The highest BCUT2D eigenvalue weighted by molar-refractivity contribution is 5.47. The van der Waals surface area contributed by atoms with Gasteiger partial charge in [-0.3, -0.25) is 0 Å². The summed E-state index contributed by atoms with van der Waals surface area (Å²) in [5, 5.41) is 3.54. The minimum Gasteiger partial charge on any atom is -0.384 e. The molecule has 0 atom stereocenters. The molecule has 0 aromatic heterocycles. The first-order chi connectivity index (χ1) is 8.55. The van der Waals surface area contributed by atoms with E-state index in [1.807, 2.05) is 0 Å². The second-order valence-electron chi connectivity index (χ2n) is 6.31. The van der Waals surface area contributed by atoms with E-state index in [4.69, 9.17) is 0 Å². The van der Waals surface area contributed by atoms with Crippen LogP contribution in [0.2, 0.25) is 0 Å². The van der Waals surface area contributed by atoms with E-state index >= 15 is 0 Å². The highest BCUT2D eigenvalue weighted by Crippen LogP contribution is 2.24. The lowest BCUT2D eigenvalue weighted by Gasteiger charge is -2.20. The predicted octanol–water partition coefficient (Wildman–Crippen LogP) is 3.49. The molecule has 1 aliphatic rings. The Morgan fingerprint density at radius 3 is 2.56 bits per heavy atom. The third kappa shape index (κ3) is 3.74. The smallest absolute Gasteiger partial charge is 0.0343 e. The highest BCUT2D eigenvalue weighted by Gasteiger charge is 2.14. The van der Waals surface area contributed by atoms with E-state index < -0.39 is 0 Å². The fourth-order valence-corrected chi connectivity index (χ4v) is 2.46. The normalized spacial score (nSPS) is 17.1. The number of hydrogen-bond donors (Lipinski definition) is 1. The molecule has 0 spiro atoms. The predicted molar refractivity (Wildman–Crippen MR) is 79.3 cm³/mol. The number of anilines is 1. The molecule has 0 unspecified atom stereocenters. The summed E-state index contributed by atoms with van der Waals surface area (Å²) in [6.07, 6.45) is 2.75. The van der Waals surface area contributed by atoms with Gasteiger partial charge in [0.05, 0.1) is 0 Å². The molecule has 1 aromatic rings. The fraction of sp³-hybridized carbons (Fsp3) is 0.625. The molecule has 2 heteroatoms. The minimum atomic E-state index is 0.229. The van der Waals surface area contributed by atoms with Gasteiger partial charge in [-0.1, -0.05) is 32.9 Å². The van der Waals surface area contributed by atoms with Crippen LogP contribution in [0, 0.1) is 0 Å². The van der Waals surface area contributed by atoms with Crippen molar-refractivity contribution in [3.63, 3.8) is 0 Å². The Hall–Kier alpha value is -1.02. The van der Waals surface area contributed by atoms with Crippen LogP contribution in [0.3, 0.4) is 0 Å². The van der Waals surface area contributed by atoms with Crippen LogP contribution in [0.15, 0.2) is 24.3 Å².